The molecule has 3 aromatic carbocycles. The van der Waals surface area contributed by atoms with E-state index in [2.05, 4.69) is 41.3 Å². The molecule has 1 fully saturated rings. The van der Waals surface area contributed by atoms with Gasteiger partial charge in [0.05, 0.1) is 0 Å². The molecule has 0 aliphatic carbocycles. The average molecular weight is 404 g/mol. The molecule has 1 aliphatic rings. The quantitative estimate of drug-likeness (QED) is 0.391. The zero-order valence-corrected chi connectivity index (χ0v) is 17.7. The standard InChI is InChI=1S/C26H29NO3/c1-28-26(29-2,27-20-12-13-21-27)30-25(22-14-6-3-7-15-22,23-16-8-4-9-17-23)24-18-10-5-11-19-24/h3-11,14-19H,12-13,20-21H2,1-2H3. The van der Waals surface area contributed by atoms with Crippen LogP contribution in [0.4, 0.5) is 0 Å². The molecule has 0 bridgehead atoms. The summed E-state index contributed by atoms with van der Waals surface area (Å²) in [6.45, 7) is 1.71. The van der Waals surface area contributed by atoms with E-state index in [0.717, 1.165) is 42.6 Å². The van der Waals surface area contributed by atoms with Crippen LogP contribution < -0.4 is 0 Å². The zero-order valence-electron chi connectivity index (χ0n) is 17.7. The van der Waals surface area contributed by atoms with E-state index in [4.69, 9.17) is 14.2 Å². The molecule has 0 saturated carbocycles. The molecule has 3 aromatic rings. The minimum Gasteiger partial charge on any atom is -0.317 e. The molecule has 0 N–H and O–H groups in total. The summed E-state index contributed by atoms with van der Waals surface area (Å²) in [4.78, 5) is 2.14. The van der Waals surface area contributed by atoms with Crippen molar-refractivity contribution in [2.45, 2.75) is 24.5 Å². The Labute approximate surface area is 179 Å². The van der Waals surface area contributed by atoms with Crippen LogP contribution in [0.3, 0.4) is 0 Å². The highest BCUT2D eigenvalue weighted by Crippen LogP contribution is 2.45. The number of methoxy groups -OCH3 is 2. The van der Waals surface area contributed by atoms with Crippen LogP contribution in [0.2, 0.25) is 0 Å². The van der Waals surface area contributed by atoms with Crippen LogP contribution >= 0.6 is 0 Å². The fourth-order valence-corrected chi connectivity index (χ4v) is 4.37. The van der Waals surface area contributed by atoms with Gasteiger partial charge in [-0.25, -0.2) is 4.90 Å². The molecule has 30 heavy (non-hydrogen) atoms. The molecular formula is C26H29NO3. The monoisotopic (exact) mass is 403 g/mol. The van der Waals surface area contributed by atoms with Crippen molar-refractivity contribution in [1.82, 2.24) is 4.90 Å². The number of benzene rings is 3. The van der Waals surface area contributed by atoms with Crippen molar-refractivity contribution in [2.75, 3.05) is 27.3 Å². The van der Waals surface area contributed by atoms with Crippen molar-refractivity contribution < 1.29 is 14.2 Å². The van der Waals surface area contributed by atoms with Gasteiger partial charge in [-0.3, -0.25) is 4.74 Å². The summed E-state index contributed by atoms with van der Waals surface area (Å²) in [5.41, 5.74) is 2.12. The van der Waals surface area contributed by atoms with E-state index in [0.29, 0.717) is 0 Å². The largest absolute Gasteiger partial charge is 0.354 e. The summed E-state index contributed by atoms with van der Waals surface area (Å²) in [5, 5.41) is 0. The van der Waals surface area contributed by atoms with Gasteiger partial charge in [0, 0.05) is 27.3 Å². The molecule has 0 atom stereocenters. The SMILES string of the molecule is COC(OC)(OC(c1ccccc1)(c1ccccc1)c1ccccc1)N1CCCC1. The molecule has 4 nitrogen and oxygen atoms in total. The Bertz CT molecular complexity index is 808. The van der Waals surface area contributed by atoms with Gasteiger partial charge in [0.2, 0.25) is 0 Å². The van der Waals surface area contributed by atoms with Crippen LogP contribution in [0.15, 0.2) is 91.0 Å². The van der Waals surface area contributed by atoms with Gasteiger partial charge in [0.15, 0.2) is 5.60 Å². The predicted octanol–water partition coefficient (Wildman–Crippen LogP) is 5.00. The van der Waals surface area contributed by atoms with Gasteiger partial charge < -0.3 is 9.47 Å². The van der Waals surface area contributed by atoms with Crippen LogP contribution in [0, 0.1) is 0 Å². The summed E-state index contributed by atoms with van der Waals surface area (Å²) < 4.78 is 19.0. The van der Waals surface area contributed by atoms with E-state index in [-0.39, 0.29) is 0 Å². The third-order valence-electron chi connectivity index (χ3n) is 5.83. The Morgan fingerprint density at radius 2 is 0.967 bits per heavy atom. The number of likely N-dealkylation sites (tertiary alicyclic amines) is 1. The Hall–Kier alpha value is -2.50. The Balaban J connectivity index is 1.97. The van der Waals surface area contributed by atoms with Gasteiger partial charge in [-0.15, -0.1) is 0 Å². The molecular weight excluding hydrogens is 374 g/mol. The van der Waals surface area contributed by atoms with Crippen LogP contribution in [0.25, 0.3) is 0 Å². The van der Waals surface area contributed by atoms with Gasteiger partial charge in [0.25, 0.3) is 0 Å². The fourth-order valence-electron chi connectivity index (χ4n) is 4.37. The lowest BCUT2D eigenvalue weighted by Gasteiger charge is -2.46. The summed E-state index contributed by atoms with van der Waals surface area (Å²) in [6.07, 6.45) is 0.873. The second kappa shape index (κ2) is 9.11. The summed E-state index contributed by atoms with van der Waals surface area (Å²) in [5.74, 6) is 0. The first-order chi connectivity index (χ1) is 14.7. The van der Waals surface area contributed by atoms with Crippen molar-refractivity contribution >= 4 is 0 Å². The molecule has 0 radical (unpaired) electrons. The molecule has 1 aliphatic heterocycles. The maximum absolute atomic E-state index is 7.05. The molecule has 0 aromatic heterocycles. The molecule has 0 amide bonds. The lowest BCUT2D eigenvalue weighted by atomic mass is 9.80. The van der Waals surface area contributed by atoms with Gasteiger partial charge in [-0.05, 0) is 29.5 Å². The first kappa shape index (κ1) is 20.8. The first-order valence-corrected chi connectivity index (χ1v) is 10.5. The molecule has 0 unspecified atom stereocenters. The van der Waals surface area contributed by atoms with E-state index >= 15 is 0 Å². The van der Waals surface area contributed by atoms with E-state index in [1.165, 1.54) is 0 Å². The van der Waals surface area contributed by atoms with Gasteiger partial charge in [0.1, 0.15) is 0 Å². The van der Waals surface area contributed by atoms with E-state index in [9.17, 15) is 0 Å². The van der Waals surface area contributed by atoms with E-state index < -0.39 is 11.7 Å². The first-order valence-electron chi connectivity index (χ1n) is 10.5. The topological polar surface area (TPSA) is 30.9 Å². The molecule has 156 valence electrons. The van der Waals surface area contributed by atoms with Crippen molar-refractivity contribution in [3.63, 3.8) is 0 Å². The van der Waals surface area contributed by atoms with Gasteiger partial charge in [-0.1, -0.05) is 91.0 Å². The van der Waals surface area contributed by atoms with E-state index in [1.807, 2.05) is 54.6 Å². The second-order valence-corrected chi connectivity index (χ2v) is 7.51. The average Bonchev–Trinajstić information content (AvgIpc) is 3.38. The lowest BCUT2D eigenvalue weighted by Crippen LogP contribution is -2.57. The van der Waals surface area contributed by atoms with Crippen molar-refractivity contribution in [2.24, 2.45) is 0 Å². The van der Waals surface area contributed by atoms with Crippen LogP contribution in [-0.2, 0) is 19.8 Å². The van der Waals surface area contributed by atoms with Crippen LogP contribution in [-0.4, -0.2) is 38.3 Å². The highest BCUT2D eigenvalue weighted by Gasteiger charge is 2.50. The zero-order chi connectivity index (χ0) is 20.9. The summed E-state index contributed by atoms with van der Waals surface area (Å²) in [7, 11) is 3.29. The Kier molecular flexibility index (Phi) is 6.30. The summed E-state index contributed by atoms with van der Waals surface area (Å²) >= 11 is 0. The minimum absolute atomic E-state index is 0.857. The highest BCUT2D eigenvalue weighted by atomic mass is 16.9. The number of ether oxygens (including phenoxy) is 3. The second-order valence-electron chi connectivity index (χ2n) is 7.51. The third kappa shape index (κ3) is 3.68. The van der Waals surface area contributed by atoms with Crippen LogP contribution in [0.5, 0.6) is 0 Å². The molecule has 4 rings (SSSR count). The molecule has 4 heteroatoms. The van der Waals surface area contributed by atoms with Crippen molar-refractivity contribution in [3.05, 3.63) is 108 Å². The molecule has 0 spiro atoms. The normalized spacial score (nSPS) is 15.4. The van der Waals surface area contributed by atoms with Crippen molar-refractivity contribution in [1.29, 1.82) is 0 Å². The number of hydrogen-bond donors (Lipinski definition) is 0. The number of rotatable bonds is 8. The molecule has 1 saturated heterocycles. The van der Waals surface area contributed by atoms with E-state index in [1.54, 1.807) is 14.2 Å². The maximum atomic E-state index is 7.05. The Morgan fingerprint density at radius 1 is 0.600 bits per heavy atom. The smallest absolute Gasteiger partial charge is 0.317 e. The third-order valence-corrected chi connectivity index (χ3v) is 5.83. The van der Waals surface area contributed by atoms with Gasteiger partial charge >= 0.3 is 6.10 Å². The lowest BCUT2D eigenvalue weighted by molar-refractivity contribution is -0.449. The predicted molar refractivity (Wildman–Crippen MR) is 118 cm³/mol. The fraction of sp³-hybridized carbons (Fsp3) is 0.308. The van der Waals surface area contributed by atoms with Gasteiger partial charge in [-0.2, -0.15) is 0 Å². The number of hydrogen-bond acceptors (Lipinski definition) is 4. The van der Waals surface area contributed by atoms with Crippen LogP contribution in [0.1, 0.15) is 29.5 Å². The summed E-state index contributed by atoms with van der Waals surface area (Å²) in [6, 6.07) is 30.9. The minimum atomic E-state index is -1.31. The maximum Gasteiger partial charge on any atom is 0.354 e. The molecule has 1 heterocycles. The van der Waals surface area contributed by atoms with Crippen molar-refractivity contribution in [3.8, 4) is 0 Å². The number of nitrogens with zero attached hydrogens (tertiary/aromatic N) is 1. The highest BCUT2D eigenvalue weighted by molar-refractivity contribution is 5.47. The Morgan fingerprint density at radius 3 is 1.30 bits per heavy atom.